The number of hydrogen-bond donors (Lipinski definition) is 2. The van der Waals surface area contributed by atoms with E-state index < -0.39 is 6.09 Å². The van der Waals surface area contributed by atoms with Gasteiger partial charge in [-0.2, -0.15) is 5.26 Å². The van der Waals surface area contributed by atoms with Crippen molar-refractivity contribution in [2.45, 2.75) is 6.42 Å². The summed E-state index contributed by atoms with van der Waals surface area (Å²) >= 11 is 0. The molecule has 0 bridgehead atoms. The van der Waals surface area contributed by atoms with E-state index in [1.54, 1.807) is 12.1 Å². The van der Waals surface area contributed by atoms with Crippen molar-refractivity contribution < 1.29 is 19.4 Å². The average Bonchev–Trinajstić information content (AvgIpc) is 2.37. The Morgan fingerprint density at radius 1 is 1.39 bits per heavy atom. The monoisotopic (exact) mass is 248 g/mol. The van der Waals surface area contributed by atoms with E-state index in [1.165, 1.54) is 0 Å². The number of carboxylic acid groups (broad SMARTS) is 1. The Hall–Kier alpha value is -2.42. The molecule has 0 atom stereocenters. The van der Waals surface area contributed by atoms with Gasteiger partial charge < -0.3 is 19.9 Å². The highest BCUT2D eigenvalue weighted by molar-refractivity contribution is 5.64. The molecule has 0 aromatic heterocycles. The fourth-order valence-corrected chi connectivity index (χ4v) is 1.75. The fraction of sp³-hybridized carbons (Fsp3) is 0.333. The summed E-state index contributed by atoms with van der Waals surface area (Å²) < 4.78 is 10.8. The van der Waals surface area contributed by atoms with Crippen LogP contribution in [0.5, 0.6) is 11.5 Å². The van der Waals surface area contributed by atoms with Gasteiger partial charge in [-0.05, 0) is 18.1 Å². The minimum atomic E-state index is -1.08. The van der Waals surface area contributed by atoms with E-state index in [9.17, 15) is 4.79 Å². The van der Waals surface area contributed by atoms with Gasteiger partial charge in [0.15, 0.2) is 11.5 Å². The van der Waals surface area contributed by atoms with Crippen LogP contribution in [0.1, 0.15) is 11.1 Å². The Kier molecular flexibility index (Phi) is 3.53. The summed E-state index contributed by atoms with van der Waals surface area (Å²) in [6.07, 6.45) is -0.641. The van der Waals surface area contributed by atoms with E-state index >= 15 is 0 Å². The second-order valence-corrected chi connectivity index (χ2v) is 3.75. The molecule has 0 spiro atoms. The predicted octanol–water partition coefficient (Wildman–Crippen LogP) is 1.14. The third-order valence-corrected chi connectivity index (χ3v) is 2.56. The number of rotatable bonds is 3. The van der Waals surface area contributed by atoms with Crippen LogP contribution in [0, 0.1) is 11.3 Å². The number of carbonyl (C=O) groups is 1. The number of amides is 1. The van der Waals surface area contributed by atoms with Crippen molar-refractivity contribution in [1.82, 2.24) is 5.32 Å². The smallest absolute Gasteiger partial charge is 0.404 e. The quantitative estimate of drug-likeness (QED) is 0.836. The molecule has 0 fully saturated rings. The van der Waals surface area contributed by atoms with Gasteiger partial charge in [-0.15, -0.1) is 0 Å². The molecular weight excluding hydrogens is 236 g/mol. The number of fused-ring (bicyclic) bond motifs is 1. The second-order valence-electron chi connectivity index (χ2n) is 3.75. The molecule has 0 unspecified atom stereocenters. The lowest BCUT2D eigenvalue weighted by Gasteiger charge is -2.19. The fourth-order valence-electron chi connectivity index (χ4n) is 1.75. The number of nitriles is 1. The van der Waals surface area contributed by atoms with Gasteiger partial charge >= 0.3 is 6.09 Å². The Morgan fingerprint density at radius 3 is 2.67 bits per heavy atom. The van der Waals surface area contributed by atoms with Crippen LogP contribution in [-0.2, 0) is 6.42 Å². The summed E-state index contributed by atoms with van der Waals surface area (Å²) in [7, 11) is 0. The highest BCUT2D eigenvalue weighted by Crippen LogP contribution is 2.33. The first-order valence-corrected chi connectivity index (χ1v) is 5.50. The molecule has 1 aliphatic rings. The highest BCUT2D eigenvalue weighted by Gasteiger charge is 2.15. The maximum absolute atomic E-state index is 10.4. The summed E-state index contributed by atoms with van der Waals surface area (Å²) in [4.78, 5) is 10.4. The Morgan fingerprint density at radius 2 is 2.06 bits per heavy atom. The van der Waals surface area contributed by atoms with Gasteiger partial charge in [0.1, 0.15) is 13.2 Å². The highest BCUT2D eigenvalue weighted by atomic mass is 16.6. The first-order chi connectivity index (χ1) is 8.70. The Bertz CT molecular complexity index is 508. The Labute approximate surface area is 104 Å². The molecule has 1 heterocycles. The van der Waals surface area contributed by atoms with Crippen LogP contribution < -0.4 is 14.8 Å². The number of ether oxygens (including phenoxy) is 2. The molecular formula is C12H12N2O4. The van der Waals surface area contributed by atoms with Gasteiger partial charge in [0.25, 0.3) is 0 Å². The number of nitrogens with zero attached hydrogens (tertiary/aromatic N) is 1. The van der Waals surface area contributed by atoms with E-state index in [4.69, 9.17) is 19.8 Å². The first kappa shape index (κ1) is 12.0. The lowest BCUT2D eigenvalue weighted by atomic mass is 10.0. The summed E-state index contributed by atoms with van der Waals surface area (Å²) in [6, 6.07) is 5.44. The van der Waals surface area contributed by atoms with Crippen molar-refractivity contribution in [3.8, 4) is 17.6 Å². The van der Waals surface area contributed by atoms with Crippen molar-refractivity contribution >= 4 is 6.09 Å². The van der Waals surface area contributed by atoms with Gasteiger partial charge in [0.05, 0.1) is 11.6 Å². The van der Waals surface area contributed by atoms with E-state index in [2.05, 4.69) is 11.4 Å². The molecule has 2 N–H and O–H groups in total. The van der Waals surface area contributed by atoms with Gasteiger partial charge in [-0.1, -0.05) is 0 Å². The number of benzene rings is 1. The summed E-state index contributed by atoms with van der Waals surface area (Å²) in [5.41, 5.74) is 1.22. The lowest BCUT2D eigenvalue weighted by molar-refractivity contribution is 0.171. The summed E-state index contributed by atoms with van der Waals surface area (Å²) in [6.45, 7) is 1.20. The summed E-state index contributed by atoms with van der Waals surface area (Å²) in [5.74, 6) is 1.17. The molecule has 0 saturated carbocycles. The first-order valence-electron chi connectivity index (χ1n) is 5.50. The van der Waals surface area contributed by atoms with Gasteiger partial charge in [0, 0.05) is 12.6 Å². The Balaban J connectivity index is 2.18. The zero-order valence-corrected chi connectivity index (χ0v) is 9.60. The van der Waals surface area contributed by atoms with Crippen LogP contribution in [0.4, 0.5) is 4.79 Å². The molecule has 6 heteroatoms. The van der Waals surface area contributed by atoms with Crippen molar-refractivity contribution in [2.24, 2.45) is 0 Å². The number of hydrogen-bond acceptors (Lipinski definition) is 4. The number of nitrogens with one attached hydrogen (secondary N) is 1. The molecule has 0 radical (unpaired) electrons. The molecule has 1 aliphatic heterocycles. The zero-order chi connectivity index (χ0) is 13.0. The van der Waals surface area contributed by atoms with Crippen molar-refractivity contribution in [2.75, 3.05) is 19.8 Å². The van der Waals surface area contributed by atoms with E-state index in [0.717, 1.165) is 5.56 Å². The molecule has 0 aliphatic carbocycles. The zero-order valence-electron chi connectivity index (χ0n) is 9.60. The molecule has 1 amide bonds. The predicted molar refractivity (Wildman–Crippen MR) is 61.9 cm³/mol. The third kappa shape index (κ3) is 2.63. The maximum atomic E-state index is 10.4. The topological polar surface area (TPSA) is 91.6 Å². The van der Waals surface area contributed by atoms with Crippen LogP contribution in [0.25, 0.3) is 0 Å². The van der Waals surface area contributed by atoms with E-state index in [1.807, 2.05) is 0 Å². The van der Waals surface area contributed by atoms with Gasteiger partial charge in [-0.3, -0.25) is 0 Å². The average molecular weight is 248 g/mol. The van der Waals surface area contributed by atoms with Crippen molar-refractivity contribution in [3.05, 3.63) is 23.3 Å². The van der Waals surface area contributed by atoms with Crippen LogP contribution in [0.15, 0.2) is 12.1 Å². The molecule has 0 saturated heterocycles. The SMILES string of the molecule is N#Cc1cc2c(cc1CCNC(=O)O)OCCO2. The van der Waals surface area contributed by atoms with Crippen LogP contribution in [0.2, 0.25) is 0 Å². The van der Waals surface area contributed by atoms with Gasteiger partial charge in [-0.25, -0.2) is 4.79 Å². The third-order valence-electron chi connectivity index (χ3n) is 2.56. The van der Waals surface area contributed by atoms with Crippen molar-refractivity contribution in [3.63, 3.8) is 0 Å². The van der Waals surface area contributed by atoms with Crippen LogP contribution in [-0.4, -0.2) is 31.0 Å². The standard InChI is InChI=1S/C12H12N2O4/c13-7-9-6-11-10(17-3-4-18-11)5-8(9)1-2-14-12(15)16/h5-6,14H,1-4H2,(H,15,16). The van der Waals surface area contributed by atoms with Crippen LogP contribution >= 0.6 is 0 Å². The lowest BCUT2D eigenvalue weighted by Crippen LogP contribution is -2.23. The second kappa shape index (κ2) is 5.27. The maximum Gasteiger partial charge on any atom is 0.404 e. The van der Waals surface area contributed by atoms with Gasteiger partial charge in [0.2, 0.25) is 0 Å². The largest absolute Gasteiger partial charge is 0.486 e. The van der Waals surface area contributed by atoms with Crippen LogP contribution in [0.3, 0.4) is 0 Å². The normalized spacial score (nSPS) is 12.6. The molecule has 2 rings (SSSR count). The molecule has 6 nitrogen and oxygen atoms in total. The minimum absolute atomic E-state index is 0.254. The minimum Gasteiger partial charge on any atom is -0.486 e. The summed E-state index contributed by atoms with van der Waals surface area (Å²) in [5, 5.41) is 19.8. The molecule has 1 aromatic carbocycles. The van der Waals surface area contributed by atoms with E-state index in [-0.39, 0.29) is 6.54 Å². The van der Waals surface area contributed by atoms with E-state index in [0.29, 0.717) is 36.7 Å². The molecule has 94 valence electrons. The molecule has 1 aromatic rings. The van der Waals surface area contributed by atoms with Crippen molar-refractivity contribution in [1.29, 1.82) is 5.26 Å². The molecule has 18 heavy (non-hydrogen) atoms.